The van der Waals surface area contributed by atoms with Crippen molar-refractivity contribution in [3.8, 4) is 0 Å². The third-order valence-electron chi connectivity index (χ3n) is 5.90. The van der Waals surface area contributed by atoms with Crippen molar-refractivity contribution >= 4 is 25.8 Å². The van der Waals surface area contributed by atoms with Crippen LogP contribution in [0.5, 0.6) is 0 Å². The Bertz CT molecular complexity index is 1090. The van der Waals surface area contributed by atoms with E-state index in [-0.39, 0.29) is 46.5 Å². The van der Waals surface area contributed by atoms with Gasteiger partial charge in [-0.15, -0.1) is 6.92 Å². The van der Waals surface area contributed by atoms with Crippen LogP contribution in [-0.2, 0) is 21.7 Å². The standard InChI is InChI=1S/C12H10Si.C10H13NO.C9H13.2ClH.Ti/c1-3-7-11(8-4-1)13-12-9-5-2-6-10-12;1-7(2)8-5-3-4-6-9(8)10(11)12;1-6-5-7(2)9(4)8(6)3;;;/h1-10H;3-7H,1-2H3,(H2,11,12);6H,1-4H3;2*1H;/q;;-1;;;+4/p-3. The molecular weight excluding hydrogens is 549 g/mol. The first-order chi connectivity index (χ1) is 16.2. The van der Waals surface area contributed by atoms with E-state index in [0.717, 1.165) is 15.1 Å². The number of hydrogen-bond donors (Lipinski definition) is 0. The zero-order valence-electron chi connectivity index (χ0n) is 22.4. The van der Waals surface area contributed by atoms with Crippen LogP contribution in [0, 0.1) is 12.0 Å². The molecule has 0 fully saturated rings. The van der Waals surface area contributed by atoms with Gasteiger partial charge in [0.05, 0.1) is 5.91 Å². The molecule has 0 heterocycles. The summed E-state index contributed by atoms with van der Waals surface area (Å²) in [5.41, 5.74) is 12.7. The molecule has 4 rings (SSSR count). The molecule has 0 saturated carbocycles. The SMILES string of the molecule is CC(C)c1ccccc1C([NH-])=O.CC1=[C-]C(C)C(C)=C1C.[Cl-].[Cl-].[Ti+4].c1ccc([Si]c2ccccc2)cc1. The number of hydrogen-bond acceptors (Lipinski definition) is 1. The Hall–Kier alpha value is -1.88. The van der Waals surface area contributed by atoms with Crippen LogP contribution in [0.4, 0.5) is 0 Å². The van der Waals surface area contributed by atoms with Crippen molar-refractivity contribution < 1.29 is 51.3 Å². The molecule has 1 aliphatic rings. The second kappa shape index (κ2) is 19.2. The van der Waals surface area contributed by atoms with Crippen molar-refractivity contribution in [3.63, 3.8) is 0 Å². The minimum atomic E-state index is -0.598. The number of benzene rings is 3. The zero-order valence-corrected chi connectivity index (χ0v) is 26.5. The molecule has 0 saturated heterocycles. The molecule has 1 unspecified atom stereocenters. The van der Waals surface area contributed by atoms with E-state index in [9.17, 15) is 4.79 Å². The van der Waals surface area contributed by atoms with Gasteiger partial charge in [0.2, 0.25) is 0 Å². The van der Waals surface area contributed by atoms with Crippen LogP contribution >= 0.6 is 0 Å². The van der Waals surface area contributed by atoms with Crippen LogP contribution in [-0.4, -0.2) is 15.4 Å². The molecule has 1 atom stereocenters. The largest absolute Gasteiger partial charge is 4.00 e. The topological polar surface area (TPSA) is 40.9 Å². The van der Waals surface area contributed by atoms with Gasteiger partial charge in [-0.25, -0.2) is 5.57 Å². The van der Waals surface area contributed by atoms with Crippen molar-refractivity contribution in [1.29, 1.82) is 0 Å². The van der Waals surface area contributed by atoms with E-state index < -0.39 is 5.91 Å². The van der Waals surface area contributed by atoms with E-state index in [1.165, 1.54) is 27.1 Å². The summed E-state index contributed by atoms with van der Waals surface area (Å²) in [6.07, 6.45) is 3.36. The Morgan fingerprint density at radius 3 is 1.54 bits per heavy atom. The van der Waals surface area contributed by atoms with Gasteiger partial charge in [-0.2, -0.15) is 11.1 Å². The quantitative estimate of drug-likeness (QED) is 0.335. The fourth-order valence-corrected chi connectivity index (χ4v) is 4.63. The van der Waals surface area contributed by atoms with Crippen molar-refractivity contribution in [1.82, 2.24) is 0 Å². The Balaban J connectivity index is 0. The molecule has 0 aliphatic heterocycles. The number of allylic oxidation sites excluding steroid dienone is 4. The van der Waals surface area contributed by atoms with E-state index in [0.29, 0.717) is 17.4 Å². The number of nitrogens with one attached hydrogen (secondary N) is 1. The van der Waals surface area contributed by atoms with Gasteiger partial charge < -0.3 is 35.3 Å². The van der Waals surface area contributed by atoms with E-state index in [4.69, 9.17) is 5.73 Å². The zero-order chi connectivity index (χ0) is 25.1. The van der Waals surface area contributed by atoms with Crippen molar-refractivity contribution in [3.05, 3.63) is 125 Å². The Labute approximate surface area is 253 Å². The molecule has 1 amide bonds. The summed E-state index contributed by atoms with van der Waals surface area (Å²) in [6.45, 7) is 12.7. The molecule has 1 aliphatic carbocycles. The predicted octanol–water partition coefficient (Wildman–Crippen LogP) is 1.07. The molecule has 0 aromatic heterocycles. The molecule has 3 aromatic carbocycles. The number of amides is 1. The second-order valence-electron chi connectivity index (χ2n) is 8.73. The fraction of sp³-hybridized carbons (Fsp3) is 0.258. The van der Waals surface area contributed by atoms with Gasteiger partial charge in [-0.1, -0.05) is 136 Å². The normalized spacial score (nSPS) is 13.4. The van der Waals surface area contributed by atoms with Crippen molar-refractivity contribution in [2.75, 3.05) is 0 Å². The average molecular weight is 584 g/mol. The van der Waals surface area contributed by atoms with Gasteiger partial charge >= 0.3 is 21.7 Å². The van der Waals surface area contributed by atoms with Crippen LogP contribution < -0.4 is 35.2 Å². The molecule has 2 radical (unpaired) electrons. The van der Waals surface area contributed by atoms with Crippen molar-refractivity contribution in [2.45, 2.75) is 47.5 Å². The fourth-order valence-electron chi connectivity index (χ4n) is 3.58. The average Bonchev–Trinajstić information content (AvgIpc) is 3.06. The maximum Gasteiger partial charge on any atom is 4.00 e. The van der Waals surface area contributed by atoms with Gasteiger partial charge in [-0.3, -0.25) is 6.08 Å². The molecular formula is C31H35Cl2NOSiTi. The summed E-state index contributed by atoms with van der Waals surface area (Å²) in [5.74, 6) is 0.264. The minimum absolute atomic E-state index is 0. The van der Waals surface area contributed by atoms with Crippen LogP contribution in [0.25, 0.3) is 5.73 Å². The second-order valence-corrected chi connectivity index (χ2v) is 10.1. The summed E-state index contributed by atoms with van der Waals surface area (Å²) in [5, 5.41) is 2.79. The summed E-state index contributed by atoms with van der Waals surface area (Å²) in [7, 11) is 0.777. The monoisotopic (exact) mass is 583 g/mol. The maximum absolute atomic E-state index is 10.8. The summed E-state index contributed by atoms with van der Waals surface area (Å²) < 4.78 is 0. The van der Waals surface area contributed by atoms with Gasteiger partial charge in [0.1, 0.15) is 9.52 Å². The van der Waals surface area contributed by atoms with Gasteiger partial charge in [-0.05, 0) is 11.5 Å². The van der Waals surface area contributed by atoms with Crippen LogP contribution in [0.2, 0.25) is 0 Å². The summed E-state index contributed by atoms with van der Waals surface area (Å²) in [4.78, 5) is 10.8. The first kappa shape index (κ1) is 37.3. The minimum Gasteiger partial charge on any atom is -1.00 e. The molecule has 0 spiro atoms. The van der Waals surface area contributed by atoms with E-state index in [2.05, 4.69) is 94.4 Å². The number of halogens is 2. The van der Waals surface area contributed by atoms with Gasteiger partial charge in [0.15, 0.2) is 0 Å². The van der Waals surface area contributed by atoms with Gasteiger partial charge in [0.25, 0.3) is 0 Å². The van der Waals surface area contributed by atoms with Gasteiger partial charge in [0, 0.05) is 5.56 Å². The first-order valence-electron chi connectivity index (χ1n) is 11.7. The molecule has 192 valence electrons. The smallest absolute Gasteiger partial charge is 1.00 e. The van der Waals surface area contributed by atoms with E-state index in [1.54, 1.807) is 12.1 Å². The summed E-state index contributed by atoms with van der Waals surface area (Å²) >= 11 is 0. The Morgan fingerprint density at radius 1 is 0.811 bits per heavy atom. The first-order valence-corrected chi connectivity index (χ1v) is 12.7. The molecule has 1 N–H and O–H groups in total. The molecule has 6 heteroatoms. The predicted molar refractivity (Wildman–Crippen MR) is 147 cm³/mol. The van der Waals surface area contributed by atoms with Crippen molar-refractivity contribution in [2.24, 2.45) is 5.92 Å². The summed E-state index contributed by atoms with van der Waals surface area (Å²) in [6, 6.07) is 28.4. The third-order valence-corrected chi connectivity index (χ3v) is 7.14. The number of rotatable bonds is 4. The Kier molecular flexibility index (Phi) is 19.4. The molecule has 2 nitrogen and oxygen atoms in total. The van der Waals surface area contributed by atoms with Crippen LogP contribution in [0.3, 0.4) is 0 Å². The van der Waals surface area contributed by atoms with Crippen LogP contribution in [0.1, 0.15) is 63.4 Å². The third kappa shape index (κ3) is 12.5. The molecule has 3 aromatic rings. The molecule has 0 bridgehead atoms. The van der Waals surface area contributed by atoms with E-state index >= 15 is 0 Å². The Morgan fingerprint density at radius 2 is 1.24 bits per heavy atom. The molecule has 37 heavy (non-hydrogen) atoms. The van der Waals surface area contributed by atoms with E-state index in [1.807, 2.05) is 26.0 Å². The maximum atomic E-state index is 10.8. The number of carbonyl (C=O) groups is 1. The van der Waals surface area contributed by atoms with Crippen LogP contribution in [0.15, 0.2) is 102 Å². The number of carbonyl (C=O) groups excluding carboxylic acids is 1.